The van der Waals surface area contributed by atoms with Gasteiger partial charge in [-0.25, -0.2) is 4.98 Å². The molecule has 0 spiro atoms. The summed E-state index contributed by atoms with van der Waals surface area (Å²) in [5.41, 5.74) is 3.97. The van der Waals surface area contributed by atoms with Crippen molar-refractivity contribution in [2.45, 2.75) is 20.0 Å². The summed E-state index contributed by atoms with van der Waals surface area (Å²) >= 11 is 0. The normalized spacial score (nSPS) is 10.8. The fourth-order valence-corrected chi connectivity index (χ4v) is 3.57. The van der Waals surface area contributed by atoms with E-state index in [4.69, 9.17) is 4.74 Å². The van der Waals surface area contributed by atoms with Crippen LogP contribution < -0.4 is 15.6 Å². The minimum Gasteiger partial charge on any atom is -0.496 e. The number of rotatable bonds is 6. The lowest BCUT2D eigenvalue weighted by atomic mass is 10.1. The number of hydrogen-bond acceptors (Lipinski definition) is 4. The highest BCUT2D eigenvalue weighted by Crippen LogP contribution is 2.18. The summed E-state index contributed by atoms with van der Waals surface area (Å²) in [7, 11) is 1.60. The zero-order chi connectivity index (χ0) is 21.8. The average Bonchev–Trinajstić information content (AvgIpc) is 2.81. The van der Waals surface area contributed by atoms with E-state index in [0.717, 1.165) is 16.9 Å². The van der Waals surface area contributed by atoms with E-state index < -0.39 is 0 Å². The number of aryl methyl sites for hydroxylation is 1. The van der Waals surface area contributed by atoms with Gasteiger partial charge in [-0.15, -0.1) is 0 Å². The first kappa shape index (κ1) is 20.3. The van der Waals surface area contributed by atoms with Crippen LogP contribution >= 0.6 is 0 Å². The Labute approximate surface area is 180 Å². The van der Waals surface area contributed by atoms with Gasteiger partial charge in [0, 0.05) is 17.7 Å². The summed E-state index contributed by atoms with van der Waals surface area (Å²) in [5.74, 6) is 0.511. The summed E-state index contributed by atoms with van der Waals surface area (Å²) in [6.07, 6.45) is 0. The Hall–Kier alpha value is -3.93. The van der Waals surface area contributed by atoms with E-state index in [0.29, 0.717) is 35.4 Å². The molecule has 0 aliphatic carbocycles. The van der Waals surface area contributed by atoms with E-state index in [9.17, 15) is 9.59 Å². The van der Waals surface area contributed by atoms with E-state index in [1.807, 2.05) is 54.6 Å². The lowest BCUT2D eigenvalue weighted by Crippen LogP contribution is -2.26. The molecule has 0 atom stereocenters. The number of methoxy groups -OCH3 is 1. The average molecular weight is 413 g/mol. The Bertz CT molecular complexity index is 1300. The molecule has 6 heteroatoms. The fraction of sp³-hybridized carbons (Fsp3) is 0.160. The molecule has 4 rings (SSSR count). The number of nitrogens with one attached hydrogen (secondary N) is 1. The van der Waals surface area contributed by atoms with Crippen molar-refractivity contribution in [1.29, 1.82) is 0 Å². The second kappa shape index (κ2) is 8.83. The molecule has 0 radical (unpaired) electrons. The molecule has 0 bridgehead atoms. The number of amides is 1. The van der Waals surface area contributed by atoms with Crippen LogP contribution in [0, 0.1) is 6.92 Å². The molecule has 3 aromatic carbocycles. The maximum atomic E-state index is 12.7. The SMILES string of the molecule is COc1ccccc1CNC(=O)c1ccc2c(c1)nc(C)c(=O)n2Cc1ccccc1. The van der Waals surface area contributed by atoms with Gasteiger partial charge in [-0.2, -0.15) is 0 Å². The summed E-state index contributed by atoms with van der Waals surface area (Å²) in [6, 6.07) is 22.6. The van der Waals surface area contributed by atoms with Crippen LogP contribution in [0.5, 0.6) is 5.75 Å². The number of carbonyl (C=O) groups is 1. The van der Waals surface area contributed by atoms with Crippen LogP contribution in [0.3, 0.4) is 0 Å². The zero-order valence-electron chi connectivity index (χ0n) is 17.5. The maximum absolute atomic E-state index is 12.7. The first-order valence-electron chi connectivity index (χ1n) is 10.0. The smallest absolute Gasteiger partial charge is 0.272 e. The number of ether oxygens (including phenoxy) is 1. The van der Waals surface area contributed by atoms with E-state index in [2.05, 4.69) is 10.3 Å². The molecule has 0 fully saturated rings. The fourth-order valence-electron chi connectivity index (χ4n) is 3.57. The summed E-state index contributed by atoms with van der Waals surface area (Å²) in [5, 5.41) is 2.92. The Kier molecular flexibility index (Phi) is 5.80. The highest BCUT2D eigenvalue weighted by atomic mass is 16.5. The minimum atomic E-state index is -0.215. The van der Waals surface area contributed by atoms with Crippen molar-refractivity contribution in [3.8, 4) is 5.75 Å². The quantitative estimate of drug-likeness (QED) is 0.523. The van der Waals surface area contributed by atoms with Crippen molar-refractivity contribution in [1.82, 2.24) is 14.9 Å². The standard InChI is InChI=1S/C25H23N3O3/c1-17-25(30)28(16-18-8-4-3-5-9-18)22-13-12-19(14-21(22)27-17)24(29)26-15-20-10-6-7-11-23(20)31-2/h3-14H,15-16H2,1-2H3,(H,26,29). The third-order valence-corrected chi connectivity index (χ3v) is 5.19. The van der Waals surface area contributed by atoms with Crippen LogP contribution in [-0.4, -0.2) is 22.6 Å². The minimum absolute atomic E-state index is 0.135. The molecule has 4 aromatic rings. The Balaban J connectivity index is 1.62. The largest absolute Gasteiger partial charge is 0.496 e. The Morgan fingerprint density at radius 1 is 1.03 bits per heavy atom. The summed E-state index contributed by atoms with van der Waals surface area (Å²) < 4.78 is 7.03. The third kappa shape index (κ3) is 4.33. The molecule has 1 aromatic heterocycles. The number of aromatic nitrogens is 2. The third-order valence-electron chi connectivity index (χ3n) is 5.19. The molecule has 1 N–H and O–H groups in total. The van der Waals surface area contributed by atoms with Gasteiger partial charge in [-0.1, -0.05) is 48.5 Å². The number of carbonyl (C=O) groups excluding carboxylic acids is 1. The molecule has 31 heavy (non-hydrogen) atoms. The molecule has 1 heterocycles. The molecule has 0 aliphatic heterocycles. The van der Waals surface area contributed by atoms with Crippen molar-refractivity contribution in [3.63, 3.8) is 0 Å². The Morgan fingerprint density at radius 3 is 2.55 bits per heavy atom. The zero-order valence-corrected chi connectivity index (χ0v) is 17.5. The molecule has 6 nitrogen and oxygen atoms in total. The number of nitrogens with zero attached hydrogens (tertiary/aromatic N) is 2. The van der Waals surface area contributed by atoms with Crippen LogP contribution in [0.2, 0.25) is 0 Å². The van der Waals surface area contributed by atoms with Gasteiger partial charge in [0.2, 0.25) is 0 Å². The van der Waals surface area contributed by atoms with Gasteiger partial charge < -0.3 is 14.6 Å². The van der Waals surface area contributed by atoms with Gasteiger partial charge in [0.1, 0.15) is 11.4 Å². The van der Waals surface area contributed by atoms with Crippen molar-refractivity contribution >= 4 is 16.9 Å². The number of hydrogen-bond donors (Lipinski definition) is 1. The number of fused-ring (bicyclic) bond motifs is 1. The van der Waals surface area contributed by atoms with Gasteiger partial charge in [-0.05, 0) is 36.8 Å². The van der Waals surface area contributed by atoms with E-state index in [1.54, 1.807) is 36.8 Å². The van der Waals surface area contributed by atoms with Crippen LogP contribution in [0.4, 0.5) is 0 Å². The predicted octanol–water partition coefficient (Wildman–Crippen LogP) is 3.69. The second-order valence-corrected chi connectivity index (χ2v) is 7.27. The van der Waals surface area contributed by atoms with Gasteiger partial charge >= 0.3 is 0 Å². The van der Waals surface area contributed by atoms with Gasteiger partial charge in [0.25, 0.3) is 11.5 Å². The molecule has 0 aliphatic rings. The van der Waals surface area contributed by atoms with Gasteiger partial charge in [0.15, 0.2) is 0 Å². The highest BCUT2D eigenvalue weighted by molar-refractivity contribution is 5.97. The molecule has 156 valence electrons. The van der Waals surface area contributed by atoms with Crippen molar-refractivity contribution in [3.05, 3.63) is 106 Å². The maximum Gasteiger partial charge on any atom is 0.272 e. The molecular formula is C25H23N3O3. The van der Waals surface area contributed by atoms with Gasteiger partial charge in [0.05, 0.1) is 24.7 Å². The molecule has 0 unspecified atom stereocenters. The first-order valence-corrected chi connectivity index (χ1v) is 10.0. The molecule has 0 saturated carbocycles. The number of benzene rings is 3. The lowest BCUT2D eigenvalue weighted by Gasteiger charge is -2.13. The van der Waals surface area contributed by atoms with E-state index in [-0.39, 0.29) is 11.5 Å². The van der Waals surface area contributed by atoms with Crippen molar-refractivity contribution in [2.24, 2.45) is 0 Å². The molecule has 1 amide bonds. The van der Waals surface area contributed by atoms with Crippen LogP contribution in [0.25, 0.3) is 11.0 Å². The molecular weight excluding hydrogens is 390 g/mol. The summed E-state index contributed by atoms with van der Waals surface area (Å²) in [4.78, 5) is 29.9. The predicted molar refractivity (Wildman–Crippen MR) is 120 cm³/mol. The summed E-state index contributed by atoms with van der Waals surface area (Å²) in [6.45, 7) is 2.48. The Morgan fingerprint density at radius 2 is 1.77 bits per heavy atom. The van der Waals surface area contributed by atoms with E-state index in [1.165, 1.54) is 0 Å². The van der Waals surface area contributed by atoms with Crippen LogP contribution in [0.15, 0.2) is 77.6 Å². The lowest BCUT2D eigenvalue weighted by molar-refractivity contribution is 0.0951. The monoisotopic (exact) mass is 413 g/mol. The van der Waals surface area contributed by atoms with Crippen molar-refractivity contribution < 1.29 is 9.53 Å². The van der Waals surface area contributed by atoms with Crippen LogP contribution in [-0.2, 0) is 13.1 Å². The topological polar surface area (TPSA) is 73.2 Å². The van der Waals surface area contributed by atoms with E-state index >= 15 is 0 Å². The number of para-hydroxylation sites is 1. The van der Waals surface area contributed by atoms with Crippen molar-refractivity contribution in [2.75, 3.05) is 7.11 Å². The van der Waals surface area contributed by atoms with Crippen LogP contribution in [0.1, 0.15) is 27.2 Å². The highest BCUT2D eigenvalue weighted by Gasteiger charge is 2.13. The second-order valence-electron chi connectivity index (χ2n) is 7.27. The van der Waals surface area contributed by atoms with Gasteiger partial charge in [-0.3, -0.25) is 9.59 Å². The molecule has 0 saturated heterocycles. The first-order chi connectivity index (χ1) is 15.1.